The Balaban J connectivity index is 1.75. The quantitative estimate of drug-likeness (QED) is 0.562. The second kappa shape index (κ2) is 6.72. The van der Waals surface area contributed by atoms with Crippen LogP contribution < -0.4 is 5.56 Å². The molecule has 6 nitrogen and oxygen atoms in total. The van der Waals surface area contributed by atoms with Gasteiger partial charge in [0.25, 0.3) is 5.56 Å². The van der Waals surface area contributed by atoms with Crippen LogP contribution in [0, 0.1) is 13.8 Å². The smallest absolute Gasteiger partial charge is 0.280 e. The molecular weight excluding hydrogens is 338 g/mol. The standard InChI is InChI=1S/C21H21N5O/c1-4-25-19-8-6-5-7-18(19)23-21(25)22-13-17-15(3)24-26(20(17)27)16-11-9-14(2)10-12-16/h5-13,24H,4H2,1-3H3. The molecule has 1 N–H and O–H groups in total. The van der Waals surface area contributed by atoms with Crippen molar-refractivity contribution in [3.05, 3.63) is 75.7 Å². The molecule has 0 aliphatic heterocycles. The predicted octanol–water partition coefficient (Wildman–Crippen LogP) is 3.90. The van der Waals surface area contributed by atoms with E-state index in [9.17, 15) is 4.79 Å². The maximum absolute atomic E-state index is 12.8. The molecule has 0 aliphatic rings. The lowest BCUT2D eigenvalue weighted by Crippen LogP contribution is -2.17. The molecule has 0 saturated carbocycles. The second-order valence-corrected chi connectivity index (χ2v) is 6.53. The van der Waals surface area contributed by atoms with Crippen molar-refractivity contribution in [2.75, 3.05) is 0 Å². The lowest BCUT2D eigenvalue weighted by atomic mass is 10.2. The van der Waals surface area contributed by atoms with E-state index in [2.05, 4.69) is 22.0 Å². The van der Waals surface area contributed by atoms with Crippen molar-refractivity contribution in [3.63, 3.8) is 0 Å². The third-order valence-electron chi connectivity index (χ3n) is 4.67. The molecule has 0 aliphatic carbocycles. The van der Waals surface area contributed by atoms with Crippen molar-refractivity contribution in [1.82, 2.24) is 19.3 Å². The molecule has 0 unspecified atom stereocenters. The second-order valence-electron chi connectivity index (χ2n) is 6.53. The van der Waals surface area contributed by atoms with Crippen LogP contribution in [0.5, 0.6) is 0 Å². The van der Waals surface area contributed by atoms with Crippen LogP contribution in [0.2, 0.25) is 0 Å². The first-order chi connectivity index (χ1) is 13.1. The maximum Gasteiger partial charge on any atom is 0.280 e. The van der Waals surface area contributed by atoms with Crippen molar-refractivity contribution in [3.8, 4) is 5.69 Å². The fourth-order valence-corrected chi connectivity index (χ4v) is 3.18. The van der Waals surface area contributed by atoms with Crippen molar-refractivity contribution < 1.29 is 0 Å². The third-order valence-corrected chi connectivity index (χ3v) is 4.67. The largest absolute Gasteiger partial charge is 0.309 e. The Labute approximate surface area is 156 Å². The number of aryl methyl sites for hydroxylation is 3. The zero-order valence-electron chi connectivity index (χ0n) is 15.6. The molecule has 4 rings (SSSR count). The van der Waals surface area contributed by atoms with E-state index in [1.807, 2.05) is 66.9 Å². The van der Waals surface area contributed by atoms with Crippen LogP contribution in [0.1, 0.15) is 23.7 Å². The average molecular weight is 359 g/mol. The van der Waals surface area contributed by atoms with Crippen molar-refractivity contribution in [1.29, 1.82) is 0 Å². The molecule has 27 heavy (non-hydrogen) atoms. The highest BCUT2D eigenvalue weighted by Gasteiger charge is 2.12. The van der Waals surface area contributed by atoms with Gasteiger partial charge in [0, 0.05) is 18.5 Å². The highest BCUT2D eigenvalue weighted by molar-refractivity contribution is 5.84. The molecule has 136 valence electrons. The summed E-state index contributed by atoms with van der Waals surface area (Å²) in [4.78, 5) is 21.9. The summed E-state index contributed by atoms with van der Waals surface area (Å²) in [7, 11) is 0. The number of rotatable bonds is 4. The van der Waals surface area contributed by atoms with Gasteiger partial charge in [0.05, 0.1) is 22.3 Å². The van der Waals surface area contributed by atoms with Crippen molar-refractivity contribution in [2.45, 2.75) is 27.3 Å². The normalized spacial score (nSPS) is 11.7. The van der Waals surface area contributed by atoms with E-state index in [1.54, 1.807) is 10.9 Å². The monoisotopic (exact) mass is 359 g/mol. The summed E-state index contributed by atoms with van der Waals surface area (Å²) < 4.78 is 3.57. The van der Waals surface area contributed by atoms with E-state index in [4.69, 9.17) is 0 Å². The van der Waals surface area contributed by atoms with E-state index in [1.165, 1.54) is 0 Å². The zero-order valence-corrected chi connectivity index (χ0v) is 15.6. The summed E-state index contributed by atoms with van der Waals surface area (Å²) in [5.41, 5.74) is 5.06. The van der Waals surface area contributed by atoms with Crippen molar-refractivity contribution >= 4 is 23.2 Å². The number of aromatic amines is 1. The summed E-state index contributed by atoms with van der Waals surface area (Å²) in [6.07, 6.45) is 1.60. The summed E-state index contributed by atoms with van der Waals surface area (Å²) in [5.74, 6) is 0.598. The molecule has 2 heterocycles. The molecule has 6 heteroatoms. The first-order valence-corrected chi connectivity index (χ1v) is 8.96. The summed E-state index contributed by atoms with van der Waals surface area (Å²) in [6, 6.07) is 15.7. The third kappa shape index (κ3) is 2.99. The Kier molecular flexibility index (Phi) is 4.24. The number of H-pyrrole nitrogens is 1. The number of nitrogens with zero attached hydrogens (tertiary/aromatic N) is 4. The molecule has 0 bridgehead atoms. The molecular formula is C21H21N5O. The molecule has 0 atom stereocenters. The minimum Gasteiger partial charge on any atom is -0.309 e. The summed E-state index contributed by atoms with van der Waals surface area (Å²) in [5, 5.41) is 3.13. The van der Waals surface area contributed by atoms with E-state index in [-0.39, 0.29) is 5.56 Å². The number of hydrogen-bond donors (Lipinski definition) is 1. The number of aromatic nitrogens is 4. The fraction of sp³-hybridized carbons (Fsp3) is 0.190. The Morgan fingerprint density at radius 2 is 1.85 bits per heavy atom. The molecule has 0 saturated heterocycles. The minimum absolute atomic E-state index is 0.126. The number of benzene rings is 2. The number of nitrogens with one attached hydrogen (secondary N) is 1. The SMILES string of the molecule is CCn1c(N=Cc2c(C)[nH]n(-c3ccc(C)cc3)c2=O)nc2ccccc21. The molecule has 0 radical (unpaired) electrons. The van der Waals surface area contributed by atoms with Gasteiger partial charge >= 0.3 is 0 Å². The molecule has 2 aromatic heterocycles. The number of imidazole rings is 1. The van der Waals surface area contributed by atoms with Gasteiger partial charge in [-0.15, -0.1) is 0 Å². The average Bonchev–Trinajstić information content (AvgIpc) is 3.17. The van der Waals surface area contributed by atoms with Crippen LogP contribution in [0.4, 0.5) is 5.95 Å². The Bertz CT molecular complexity index is 1190. The van der Waals surface area contributed by atoms with Crippen LogP contribution in [-0.2, 0) is 6.54 Å². The molecule has 0 spiro atoms. The van der Waals surface area contributed by atoms with Gasteiger partial charge < -0.3 is 4.57 Å². The first kappa shape index (κ1) is 17.0. The highest BCUT2D eigenvalue weighted by atomic mass is 16.1. The highest BCUT2D eigenvalue weighted by Crippen LogP contribution is 2.21. The maximum atomic E-state index is 12.8. The number of aliphatic imine (C=N–C) groups is 1. The Hall–Kier alpha value is -3.41. The first-order valence-electron chi connectivity index (χ1n) is 8.96. The van der Waals surface area contributed by atoms with Crippen LogP contribution in [0.3, 0.4) is 0 Å². The van der Waals surface area contributed by atoms with E-state index in [0.717, 1.165) is 34.5 Å². The molecule has 2 aromatic carbocycles. The van der Waals surface area contributed by atoms with Gasteiger partial charge in [0.1, 0.15) is 0 Å². The van der Waals surface area contributed by atoms with E-state index >= 15 is 0 Å². The van der Waals surface area contributed by atoms with E-state index < -0.39 is 0 Å². The molecule has 4 aromatic rings. The lowest BCUT2D eigenvalue weighted by Gasteiger charge is -2.01. The summed E-state index contributed by atoms with van der Waals surface area (Å²) >= 11 is 0. The van der Waals surface area contributed by atoms with Gasteiger partial charge in [0.15, 0.2) is 0 Å². The number of fused-ring (bicyclic) bond motifs is 1. The fourth-order valence-electron chi connectivity index (χ4n) is 3.18. The van der Waals surface area contributed by atoms with Gasteiger partial charge in [-0.3, -0.25) is 9.89 Å². The Morgan fingerprint density at radius 1 is 1.11 bits per heavy atom. The molecule has 0 fully saturated rings. The van der Waals surface area contributed by atoms with Gasteiger partial charge in [-0.1, -0.05) is 29.8 Å². The van der Waals surface area contributed by atoms with Gasteiger partial charge in [-0.2, -0.15) is 0 Å². The summed E-state index contributed by atoms with van der Waals surface area (Å²) in [6.45, 7) is 6.70. The van der Waals surface area contributed by atoms with Crippen LogP contribution >= 0.6 is 0 Å². The Morgan fingerprint density at radius 3 is 2.59 bits per heavy atom. The van der Waals surface area contributed by atoms with Gasteiger partial charge in [0.2, 0.25) is 5.95 Å². The topological polar surface area (TPSA) is 68.0 Å². The van der Waals surface area contributed by atoms with Gasteiger partial charge in [-0.05, 0) is 45.0 Å². The van der Waals surface area contributed by atoms with E-state index in [0.29, 0.717) is 11.5 Å². The van der Waals surface area contributed by atoms with Gasteiger partial charge in [-0.25, -0.2) is 14.7 Å². The zero-order chi connectivity index (χ0) is 19.0. The number of hydrogen-bond acceptors (Lipinski definition) is 3. The van der Waals surface area contributed by atoms with Crippen molar-refractivity contribution in [2.24, 2.45) is 4.99 Å². The molecule has 0 amide bonds. The predicted molar refractivity (Wildman–Crippen MR) is 109 cm³/mol. The van der Waals surface area contributed by atoms with Crippen LogP contribution in [0.15, 0.2) is 58.3 Å². The van der Waals surface area contributed by atoms with Crippen LogP contribution in [-0.4, -0.2) is 25.5 Å². The lowest BCUT2D eigenvalue weighted by molar-refractivity contribution is 0.790. The van der Waals surface area contributed by atoms with Crippen LogP contribution in [0.25, 0.3) is 16.7 Å². The minimum atomic E-state index is -0.126. The number of para-hydroxylation sites is 2.